The van der Waals surface area contributed by atoms with Gasteiger partial charge in [-0.05, 0) is 47.9 Å². The van der Waals surface area contributed by atoms with Crippen molar-refractivity contribution in [3.63, 3.8) is 0 Å². The lowest BCUT2D eigenvalue weighted by molar-refractivity contribution is -0.834. The quantitative estimate of drug-likeness (QED) is 0.0330. The average molecular weight is 1350 g/mol. The molecule has 1 N–H and O–H groups in total. The van der Waals surface area contributed by atoms with Gasteiger partial charge in [0.25, 0.3) is 0 Å². The Labute approximate surface area is 485 Å². The van der Waals surface area contributed by atoms with Crippen LogP contribution in [0.15, 0.2) is 29.4 Å². The van der Waals surface area contributed by atoms with Crippen molar-refractivity contribution in [2.45, 2.75) is 96.4 Å². The highest BCUT2D eigenvalue weighted by Gasteiger charge is 2.70. The molecule has 0 radical (unpaired) electrons. The molecular formula is C56H32AlF32N. The van der Waals surface area contributed by atoms with E-state index < -0.39 is 257 Å². The molecular weight excluding hydrogens is 1320 g/mol. The molecule has 0 fully saturated rings. The van der Waals surface area contributed by atoms with Gasteiger partial charge in [-0.1, -0.05) is 58.7 Å². The summed E-state index contributed by atoms with van der Waals surface area (Å²) in [6, 6.07) is 0.398. The number of nitrogens with one attached hydrogen (secondary N) is 1. The summed E-state index contributed by atoms with van der Waals surface area (Å²) in [7, 11) is 0. The van der Waals surface area contributed by atoms with E-state index >= 15 is 87.8 Å². The van der Waals surface area contributed by atoms with E-state index in [1.54, 1.807) is 0 Å². The number of hydrogen-bond donors (Lipinski definition) is 1. The number of hydrogen-bond acceptors (Lipinski definition) is 0. The van der Waals surface area contributed by atoms with Crippen LogP contribution in [0.1, 0.15) is 134 Å². The summed E-state index contributed by atoms with van der Waals surface area (Å²) in [5, 5.41) is 0. The zero-order valence-corrected chi connectivity index (χ0v) is 45.8. The van der Waals surface area contributed by atoms with Crippen LogP contribution in [-0.4, -0.2) is 32.3 Å². The topological polar surface area (TPSA) is 4.44 Å². The molecule has 5 aromatic carbocycles. The summed E-state index contributed by atoms with van der Waals surface area (Å²) in [6.07, 6.45) is -0.0528. The second kappa shape index (κ2) is 24.7. The third-order valence-corrected chi connectivity index (χ3v) is 23.6. The van der Waals surface area contributed by atoms with Gasteiger partial charge in [-0.15, -0.1) is 0 Å². The van der Waals surface area contributed by atoms with Crippen molar-refractivity contribution in [3.8, 4) is 0 Å². The molecule has 0 aliphatic heterocycles. The van der Waals surface area contributed by atoms with Crippen molar-refractivity contribution in [1.82, 2.24) is 0 Å². The largest absolute Gasteiger partial charge is 0.458 e. The molecule has 5 aromatic rings. The predicted molar refractivity (Wildman–Crippen MR) is 253 cm³/mol. The van der Waals surface area contributed by atoms with E-state index in [-0.39, 0.29) is 18.0 Å². The van der Waals surface area contributed by atoms with Gasteiger partial charge in [0.1, 0.15) is 28.9 Å². The van der Waals surface area contributed by atoms with Crippen LogP contribution in [0.2, 0.25) is 0 Å². The summed E-state index contributed by atoms with van der Waals surface area (Å²) < 4.78 is 467. The van der Waals surface area contributed by atoms with Crippen LogP contribution < -0.4 is 4.90 Å². The molecule has 0 bridgehead atoms. The number of alkyl halides is 5. The van der Waals surface area contributed by atoms with Crippen LogP contribution in [0.5, 0.6) is 0 Å². The zero-order chi connectivity index (χ0) is 67.5. The van der Waals surface area contributed by atoms with E-state index in [1.165, 1.54) is 0 Å². The van der Waals surface area contributed by atoms with Crippen molar-refractivity contribution in [2.75, 3.05) is 13.1 Å². The number of fused-ring (bicyclic) bond motifs is 4. The highest BCUT2D eigenvalue weighted by Crippen LogP contribution is 2.72. The van der Waals surface area contributed by atoms with Gasteiger partial charge >= 0.3 is 12.1 Å². The summed E-state index contributed by atoms with van der Waals surface area (Å²) in [4.78, 5) is 0.243. The van der Waals surface area contributed by atoms with Gasteiger partial charge in [0.15, 0.2) is 140 Å². The predicted octanol–water partition coefficient (Wildman–Crippen LogP) is 19.9. The normalized spacial score (nSPS) is 18.8. The fraction of sp³-hybridized carbons (Fsp3) is 0.321. The molecule has 34 heteroatoms. The Morgan fingerprint density at radius 3 is 0.822 bits per heavy atom. The molecule has 0 amide bonds. The molecule has 1 nitrogen and oxygen atoms in total. The van der Waals surface area contributed by atoms with Gasteiger partial charge in [-0.2, -0.15) is 26.3 Å². The van der Waals surface area contributed by atoms with Crippen LogP contribution in [0.4, 0.5) is 146 Å². The fourth-order valence-corrected chi connectivity index (χ4v) is 21.2. The molecule has 0 saturated heterocycles. The maximum Gasteiger partial charge on any atom is 0.458 e. The molecule has 0 aromatic heterocycles. The van der Waals surface area contributed by atoms with Gasteiger partial charge in [-0.3, -0.25) is 4.90 Å². The summed E-state index contributed by atoms with van der Waals surface area (Å²) in [6.45, 7) is 4.39. The van der Waals surface area contributed by atoms with Crippen LogP contribution in [0.25, 0.3) is 23.3 Å². The van der Waals surface area contributed by atoms with Crippen LogP contribution >= 0.6 is 0 Å². The Kier molecular flexibility index (Phi) is 19.0. The van der Waals surface area contributed by atoms with Crippen LogP contribution in [-0.2, 0) is 5.92 Å². The van der Waals surface area contributed by atoms with Crippen molar-refractivity contribution in [3.05, 3.63) is 190 Å². The number of benzene rings is 5. The molecule has 4 atom stereocenters. The molecule has 0 heterocycles. The van der Waals surface area contributed by atoms with Crippen LogP contribution in [0, 0.1) is 111 Å². The van der Waals surface area contributed by atoms with E-state index in [4.69, 9.17) is 0 Å². The van der Waals surface area contributed by atoms with E-state index in [2.05, 4.69) is 0 Å². The van der Waals surface area contributed by atoms with Crippen LogP contribution in [0.3, 0.4) is 0 Å². The first-order chi connectivity index (χ1) is 41.8. The number of rotatable bonds is 16. The highest BCUT2D eigenvalue weighted by atomic mass is 27.2. The monoisotopic (exact) mass is 1350 g/mol. The third-order valence-electron chi connectivity index (χ3n) is 16.4. The summed E-state index contributed by atoms with van der Waals surface area (Å²) in [5.74, 6) is -89.8. The Balaban J connectivity index is 0.000000304. The third kappa shape index (κ3) is 10.1. The first kappa shape index (κ1) is 69.2. The molecule has 488 valence electrons. The lowest BCUT2D eigenvalue weighted by Crippen LogP contribution is -3.07. The van der Waals surface area contributed by atoms with Gasteiger partial charge in [0.2, 0.25) is 13.1 Å². The minimum atomic E-state index is -8.89. The molecule has 0 saturated carbocycles. The SMILES string of the molecule is CCCCCC[NH+](CCCCCC)c1cc(F)c(F)c(C(F)(F)C(F)(F)F)c1F.FC1=C(F)[CH]([Al-]([CH]2C(F)=C(F)c3c(F)c(F)c(F)c(F)c32)([CH]2C(F)=C(F)c3c(F)c(F)c(F)c(F)c32)[CH]2C(F)=C(F)c3c(F)c(F)c(F)c(F)c32)c2c(F)c(F)c(F)c(F)c21. The van der Waals surface area contributed by atoms with Gasteiger partial charge < -0.3 is 0 Å². The van der Waals surface area contributed by atoms with E-state index in [0.717, 1.165) is 38.5 Å². The van der Waals surface area contributed by atoms with Crippen molar-refractivity contribution >= 4 is 42.1 Å². The smallest absolute Gasteiger partial charge is 0.300 e. The molecule has 4 aliphatic carbocycles. The Bertz CT molecular complexity index is 3560. The van der Waals surface area contributed by atoms with Gasteiger partial charge in [0, 0.05) is 6.07 Å². The first-order valence-electron chi connectivity index (χ1n) is 26.1. The minimum Gasteiger partial charge on any atom is -0.300 e. The van der Waals surface area contributed by atoms with E-state index in [1.807, 2.05) is 13.8 Å². The van der Waals surface area contributed by atoms with Gasteiger partial charge in [-0.25, -0.2) is 114 Å². The molecule has 0 spiro atoms. The number of halogens is 32. The lowest BCUT2D eigenvalue weighted by Gasteiger charge is -2.54. The maximum atomic E-state index is 17.0. The fourth-order valence-electron chi connectivity index (χ4n) is 12.7. The summed E-state index contributed by atoms with van der Waals surface area (Å²) in [5.41, 5.74) is -24.9. The maximum absolute atomic E-state index is 17.0. The minimum absolute atomic E-state index is 0.227. The number of unbranched alkanes of at least 4 members (excludes halogenated alkanes) is 6. The van der Waals surface area contributed by atoms with Gasteiger partial charge in [0.05, 0.1) is 35.3 Å². The highest BCUT2D eigenvalue weighted by molar-refractivity contribution is 6.88. The van der Waals surface area contributed by atoms with Crippen molar-refractivity contribution in [1.29, 1.82) is 0 Å². The second-order valence-electron chi connectivity index (χ2n) is 21.1. The molecule has 4 aliphatic rings. The number of quaternary nitrogens is 1. The first-order valence-corrected chi connectivity index (χ1v) is 28.8. The molecule has 9 rings (SSSR count). The average Bonchev–Trinajstić information content (AvgIpc) is 1.46. The van der Waals surface area contributed by atoms with E-state index in [9.17, 15) is 52.7 Å². The summed E-state index contributed by atoms with van der Waals surface area (Å²) >= 11 is -8.89. The standard InChI is InChI=1S/C20H27F8N.4C9HF6.Al/c1-3-5-7-9-11-29(12-10-8-6-4-2)15-13-14(21)17(22)16(18(15)23)19(24,25)20(26,27)28;4*10-3-1-2-4(6(3)12)7(13)9(15)8(14)5(2)11;/h13H,3-12H2,1-2H3;4*1H;/q;;;;;-1/p+1. The number of allylic oxidation sites excluding steroid dienone is 4. The second-order valence-corrected chi connectivity index (χ2v) is 26.1. The zero-order valence-electron chi connectivity index (χ0n) is 44.6. The Hall–Kier alpha value is -6.69. The van der Waals surface area contributed by atoms with Crippen molar-refractivity contribution in [2.24, 2.45) is 0 Å². The van der Waals surface area contributed by atoms with Crippen molar-refractivity contribution < 1.29 is 145 Å². The Morgan fingerprint density at radius 2 is 0.578 bits per heavy atom. The molecule has 4 unspecified atom stereocenters. The van der Waals surface area contributed by atoms with E-state index in [0.29, 0.717) is 18.9 Å². The molecule has 90 heavy (non-hydrogen) atoms. The lowest BCUT2D eigenvalue weighted by atomic mass is 10.0. The Morgan fingerprint density at radius 1 is 0.322 bits per heavy atom.